The quantitative estimate of drug-likeness (QED) is 0.762. The topological polar surface area (TPSA) is 84.8 Å². The van der Waals surface area contributed by atoms with Gasteiger partial charge in [0.1, 0.15) is 5.52 Å². The lowest BCUT2D eigenvalue weighted by molar-refractivity contribution is 0.555. The van der Waals surface area contributed by atoms with E-state index in [1.54, 1.807) is 65.3 Å². The molecule has 25 heavy (non-hydrogen) atoms. The van der Waals surface area contributed by atoms with Crippen LogP contribution in [0.15, 0.2) is 40.4 Å². The molecule has 1 N–H and O–H groups in total. The third kappa shape index (κ3) is 2.68. The zero-order valence-corrected chi connectivity index (χ0v) is 15.7. The van der Waals surface area contributed by atoms with Crippen molar-refractivity contribution in [3.63, 3.8) is 0 Å². The molecule has 6 nitrogen and oxygen atoms in total. The van der Waals surface area contributed by atoms with Gasteiger partial charge in [-0.05, 0) is 45.4 Å². The second-order valence-corrected chi connectivity index (χ2v) is 9.78. The minimum Gasteiger partial charge on any atom is -0.357 e. The maximum Gasteiger partial charge on any atom is 0.274 e. The monoisotopic (exact) mass is 359 g/mol. The van der Waals surface area contributed by atoms with Crippen molar-refractivity contribution in [1.82, 2.24) is 14.5 Å². The molecule has 132 valence electrons. The van der Waals surface area contributed by atoms with Crippen LogP contribution in [0.2, 0.25) is 0 Å². The molecule has 0 spiro atoms. The highest BCUT2D eigenvalue weighted by Gasteiger charge is 2.33. The molecule has 0 aliphatic carbocycles. The zero-order valence-electron chi connectivity index (χ0n) is 14.9. The van der Waals surface area contributed by atoms with Crippen LogP contribution < -0.4 is 5.56 Å². The molecular formula is C18H21N3O3S. The molecular weight excluding hydrogens is 338 g/mol. The number of aromatic nitrogens is 3. The number of fused-ring (bicyclic) bond motifs is 1. The Morgan fingerprint density at radius 3 is 2.48 bits per heavy atom. The van der Waals surface area contributed by atoms with Crippen molar-refractivity contribution < 1.29 is 8.42 Å². The van der Waals surface area contributed by atoms with Gasteiger partial charge >= 0.3 is 0 Å². The minimum atomic E-state index is -3.58. The minimum absolute atomic E-state index is 0.0787. The largest absolute Gasteiger partial charge is 0.357 e. The summed E-state index contributed by atoms with van der Waals surface area (Å²) in [7, 11) is -1.92. The number of nitrogens with zero attached hydrogens (tertiary/aromatic N) is 2. The van der Waals surface area contributed by atoms with Gasteiger partial charge in [-0.25, -0.2) is 13.4 Å². The van der Waals surface area contributed by atoms with Crippen molar-refractivity contribution in [3.8, 4) is 11.3 Å². The third-order valence-corrected chi connectivity index (χ3v) is 6.82. The average molecular weight is 359 g/mol. The van der Waals surface area contributed by atoms with E-state index in [-0.39, 0.29) is 10.6 Å². The Morgan fingerprint density at radius 2 is 1.84 bits per heavy atom. The Hall–Kier alpha value is -2.41. The van der Waals surface area contributed by atoms with Crippen molar-refractivity contribution in [2.24, 2.45) is 7.05 Å². The number of rotatable bonds is 2. The summed E-state index contributed by atoms with van der Waals surface area (Å²) in [5.41, 5.74) is 2.17. The Balaban J connectivity index is 2.32. The Morgan fingerprint density at radius 1 is 1.16 bits per heavy atom. The number of H-pyrrole nitrogens is 1. The predicted molar refractivity (Wildman–Crippen MR) is 98.4 cm³/mol. The molecule has 0 fully saturated rings. The Labute approximate surface area is 146 Å². The van der Waals surface area contributed by atoms with Gasteiger partial charge in [-0.15, -0.1) is 0 Å². The maximum atomic E-state index is 12.9. The van der Waals surface area contributed by atoms with Crippen LogP contribution in [0.4, 0.5) is 0 Å². The number of hydrogen-bond acceptors (Lipinski definition) is 4. The first kappa shape index (κ1) is 17.4. The van der Waals surface area contributed by atoms with Crippen LogP contribution in [0.25, 0.3) is 22.2 Å². The molecule has 3 aromatic heterocycles. The van der Waals surface area contributed by atoms with Gasteiger partial charge in [0.25, 0.3) is 5.56 Å². The molecule has 0 saturated heterocycles. The van der Waals surface area contributed by atoms with Gasteiger partial charge in [0, 0.05) is 30.4 Å². The van der Waals surface area contributed by atoms with E-state index in [0.29, 0.717) is 22.3 Å². The summed E-state index contributed by atoms with van der Waals surface area (Å²) in [4.78, 5) is 19.6. The van der Waals surface area contributed by atoms with Crippen LogP contribution >= 0.6 is 0 Å². The summed E-state index contributed by atoms with van der Waals surface area (Å²) in [5.74, 6) is 0. The first-order valence-corrected chi connectivity index (χ1v) is 9.42. The number of hydrogen-bond donors (Lipinski definition) is 1. The van der Waals surface area contributed by atoms with E-state index in [2.05, 4.69) is 9.97 Å². The fourth-order valence-electron chi connectivity index (χ4n) is 2.70. The van der Waals surface area contributed by atoms with Gasteiger partial charge in [0.15, 0.2) is 5.03 Å². The van der Waals surface area contributed by atoms with Crippen LogP contribution in [0.1, 0.15) is 26.3 Å². The fraction of sp³-hybridized carbons (Fsp3) is 0.333. The van der Waals surface area contributed by atoms with E-state index in [1.807, 2.05) is 0 Å². The summed E-state index contributed by atoms with van der Waals surface area (Å²) in [5, 5.41) is 0.800. The third-order valence-electron chi connectivity index (χ3n) is 4.28. The van der Waals surface area contributed by atoms with Crippen LogP contribution in [0.5, 0.6) is 0 Å². The number of pyridine rings is 2. The molecule has 3 aromatic rings. The van der Waals surface area contributed by atoms with E-state index >= 15 is 0 Å². The molecule has 0 radical (unpaired) electrons. The lowest BCUT2D eigenvalue weighted by Gasteiger charge is -2.20. The first-order chi connectivity index (χ1) is 11.5. The molecule has 7 heteroatoms. The van der Waals surface area contributed by atoms with Gasteiger partial charge in [-0.2, -0.15) is 0 Å². The van der Waals surface area contributed by atoms with E-state index in [9.17, 15) is 13.2 Å². The maximum absolute atomic E-state index is 12.9. The zero-order chi connectivity index (χ0) is 18.6. The van der Waals surface area contributed by atoms with Gasteiger partial charge < -0.3 is 9.55 Å². The van der Waals surface area contributed by atoms with Crippen molar-refractivity contribution in [3.05, 3.63) is 46.5 Å². The van der Waals surface area contributed by atoms with Crippen molar-refractivity contribution in [1.29, 1.82) is 0 Å². The summed E-state index contributed by atoms with van der Waals surface area (Å²) in [6.45, 7) is 6.72. The second-order valence-electron chi connectivity index (χ2n) is 7.16. The molecule has 0 atom stereocenters. The van der Waals surface area contributed by atoms with Crippen LogP contribution in [0.3, 0.4) is 0 Å². The molecule has 0 unspecified atom stereocenters. The standard InChI is InChI=1S/C18H21N3O3S/c1-11-6-7-14(20-16(11)25(23,24)18(2,3)4)13-10-21(5)17(22)15-12(13)8-9-19-15/h6-10,19H,1-5H3. The van der Waals surface area contributed by atoms with E-state index < -0.39 is 14.6 Å². The Kier molecular flexibility index (Phi) is 3.87. The highest BCUT2D eigenvalue weighted by molar-refractivity contribution is 7.92. The van der Waals surface area contributed by atoms with Crippen molar-refractivity contribution >= 4 is 20.7 Å². The van der Waals surface area contributed by atoms with E-state index in [4.69, 9.17) is 0 Å². The SMILES string of the molecule is Cc1ccc(-c2cn(C)c(=O)c3[nH]ccc23)nc1S(=O)(=O)C(C)(C)C. The molecule has 0 saturated carbocycles. The van der Waals surface area contributed by atoms with Crippen molar-refractivity contribution in [2.75, 3.05) is 0 Å². The fourth-order valence-corrected chi connectivity index (χ4v) is 3.99. The normalized spacial score (nSPS) is 12.7. The highest BCUT2D eigenvalue weighted by Crippen LogP contribution is 2.30. The first-order valence-electron chi connectivity index (χ1n) is 7.93. The predicted octanol–water partition coefficient (Wildman–Crippen LogP) is 2.81. The van der Waals surface area contributed by atoms with Gasteiger partial charge in [-0.3, -0.25) is 4.79 Å². The van der Waals surface area contributed by atoms with Crippen molar-refractivity contribution in [2.45, 2.75) is 37.5 Å². The van der Waals surface area contributed by atoms with Crippen LogP contribution in [-0.4, -0.2) is 27.7 Å². The van der Waals surface area contributed by atoms with Gasteiger partial charge in [-0.1, -0.05) is 6.07 Å². The molecule has 0 bridgehead atoms. The molecule has 0 amide bonds. The highest BCUT2D eigenvalue weighted by atomic mass is 32.2. The molecule has 0 aliphatic rings. The van der Waals surface area contributed by atoms with E-state index in [0.717, 1.165) is 5.39 Å². The number of aryl methyl sites for hydroxylation is 2. The lowest BCUT2D eigenvalue weighted by Crippen LogP contribution is -2.29. The molecule has 3 rings (SSSR count). The molecule has 0 aromatic carbocycles. The summed E-state index contributed by atoms with van der Waals surface area (Å²) >= 11 is 0. The van der Waals surface area contributed by atoms with Crippen LogP contribution in [0, 0.1) is 6.92 Å². The summed E-state index contributed by atoms with van der Waals surface area (Å²) in [6.07, 6.45) is 3.38. The number of nitrogens with one attached hydrogen (secondary N) is 1. The Bertz CT molecular complexity index is 1130. The van der Waals surface area contributed by atoms with E-state index in [1.165, 1.54) is 4.57 Å². The number of aromatic amines is 1. The number of sulfone groups is 1. The molecule has 3 heterocycles. The van der Waals surface area contributed by atoms with Crippen LogP contribution in [-0.2, 0) is 16.9 Å². The summed E-state index contributed by atoms with van der Waals surface area (Å²) < 4.78 is 26.3. The summed E-state index contributed by atoms with van der Waals surface area (Å²) in [6, 6.07) is 5.33. The smallest absolute Gasteiger partial charge is 0.274 e. The average Bonchev–Trinajstić information content (AvgIpc) is 3.00. The lowest BCUT2D eigenvalue weighted by atomic mass is 10.1. The second kappa shape index (κ2) is 5.56. The molecule has 0 aliphatic heterocycles. The van der Waals surface area contributed by atoms with Gasteiger partial charge in [0.2, 0.25) is 9.84 Å². The van der Waals surface area contributed by atoms with Gasteiger partial charge in [0.05, 0.1) is 10.4 Å².